The van der Waals surface area contributed by atoms with Crippen LogP contribution in [0.4, 0.5) is 5.69 Å². The third-order valence-corrected chi connectivity index (χ3v) is 7.14. The maximum absolute atomic E-state index is 13.6. The molecule has 2 atom stereocenters. The average molecular weight is 471 g/mol. The molecule has 33 heavy (non-hydrogen) atoms. The quantitative estimate of drug-likeness (QED) is 0.375. The first-order chi connectivity index (χ1) is 16.0. The molecule has 5 rings (SSSR count). The first-order valence-corrected chi connectivity index (χ1v) is 11.9. The van der Waals surface area contributed by atoms with Crippen molar-refractivity contribution in [1.82, 2.24) is 10.3 Å². The molecular weight excluding hydrogens is 448 g/mol. The van der Waals surface area contributed by atoms with Crippen molar-refractivity contribution >= 4 is 56.2 Å². The van der Waals surface area contributed by atoms with Gasteiger partial charge in [-0.3, -0.25) is 4.79 Å². The van der Waals surface area contributed by atoms with Gasteiger partial charge in [-0.05, 0) is 54.9 Å². The summed E-state index contributed by atoms with van der Waals surface area (Å²) in [6.07, 6.45) is 0. The molecule has 0 radical (unpaired) electrons. The normalized spacial score (nSPS) is 18.0. The Morgan fingerprint density at radius 1 is 0.970 bits per heavy atom. The lowest BCUT2D eigenvalue weighted by atomic mass is 9.87. The van der Waals surface area contributed by atoms with E-state index < -0.39 is 0 Å². The van der Waals surface area contributed by atoms with E-state index in [0.717, 1.165) is 37.6 Å². The van der Waals surface area contributed by atoms with E-state index in [2.05, 4.69) is 15.6 Å². The summed E-state index contributed by atoms with van der Waals surface area (Å²) in [5.41, 5.74) is 5.10. The third-order valence-electron chi connectivity index (χ3n) is 5.82. The van der Waals surface area contributed by atoms with Crippen LogP contribution in [0.1, 0.15) is 33.7 Å². The highest BCUT2D eigenvalue weighted by molar-refractivity contribution is 7.80. The van der Waals surface area contributed by atoms with Crippen molar-refractivity contribution < 1.29 is 4.79 Å². The highest BCUT2D eigenvalue weighted by atomic mass is 32.1. The van der Waals surface area contributed by atoms with E-state index in [9.17, 15) is 4.79 Å². The molecule has 0 bridgehead atoms. The van der Waals surface area contributed by atoms with Gasteiger partial charge in [0.15, 0.2) is 5.11 Å². The lowest BCUT2D eigenvalue weighted by molar-refractivity contribution is -0.110. The Labute approximate surface area is 201 Å². The predicted octanol–water partition coefficient (Wildman–Crippen LogP) is 5.71. The van der Waals surface area contributed by atoms with Gasteiger partial charge in [0.05, 0.1) is 22.2 Å². The Hall–Kier alpha value is -3.42. The first-order valence-electron chi connectivity index (χ1n) is 10.7. The van der Waals surface area contributed by atoms with Crippen LogP contribution in [0.5, 0.6) is 0 Å². The molecule has 0 saturated heterocycles. The molecule has 2 heterocycles. The molecule has 4 aromatic rings. The molecule has 1 amide bonds. The van der Waals surface area contributed by atoms with Crippen LogP contribution in [0.3, 0.4) is 0 Å². The van der Waals surface area contributed by atoms with E-state index >= 15 is 0 Å². The van der Waals surface area contributed by atoms with Crippen molar-refractivity contribution in [3.63, 3.8) is 0 Å². The number of thiocarbonyl (C=S) groups is 1. The number of hydrogen-bond acceptors (Lipinski definition) is 4. The number of aryl methyl sites for hydroxylation is 2. The van der Waals surface area contributed by atoms with Crippen molar-refractivity contribution in [3.05, 3.63) is 94.5 Å². The minimum Gasteiger partial charge on any atom is -0.353 e. The van der Waals surface area contributed by atoms with E-state index in [1.165, 1.54) is 0 Å². The third kappa shape index (κ3) is 4.17. The fourth-order valence-electron chi connectivity index (χ4n) is 4.19. The zero-order chi connectivity index (χ0) is 22.9. The van der Waals surface area contributed by atoms with Gasteiger partial charge in [0.2, 0.25) is 0 Å². The number of fused-ring (bicyclic) bond motifs is 1. The molecule has 0 spiro atoms. The van der Waals surface area contributed by atoms with Crippen LogP contribution in [-0.4, -0.2) is 21.7 Å². The van der Waals surface area contributed by atoms with E-state index in [1.807, 2.05) is 86.6 Å². The SMILES string of the molecule is Cc1cccc(C)c1NC(=O)C1=NC(=S)NC(c2ccccc2)C1c1nc2ccccc2s1. The zero-order valence-corrected chi connectivity index (χ0v) is 19.8. The summed E-state index contributed by atoms with van der Waals surface area (Å²) in [5.74, 6) is -0.651. The Morgan fingerprint density at radius 3 is 2.39 bits per heavy atom. The average Bonchev–Trinajstić information content (AvgIpc) is 3.25. The van der Waals surface area contributed by atoms with Gasteiger partial charge in [-0.1, -0.05) is 60.7 Å². The number of hydrogen-bond donors (Lipinski definition) is 2. The molecule has 2 N–H and O–H groups in total. The van der Waals surface area contributed by atoms with Gasteiger partial charge in [0.1, 0.15) is 10.7 Å². The molecule has 2 unspecified atom stereocenters. The Morgan fingerprint density at radius 2 is 1.67 bits per heavy atom. The zero-order valence-electron chi connectivity index (χ0n) is 18.2. The Balaban J connectivity index is 1.62. The number of aliphatic imine (C=N–C) groups is 1. The lowest BCUT2D eigenvalue weighted by Gasteiger charge is -2.32. The molecule has 0 aliphatic carbocycles. The second kappa shape index (κ2) is 8.84. The number of carbonyl (C=O) groups is 1. The number of nitrogens with zero attached hydrogens (tertiary/aromatic N) is 2. The van der Waals surface area contributed by atoms with Crippen LogP contribution < -0.4 is 10.6 Å². The smallest absolute Gasteiger partial charge is 0.271 e. The van der Waals surface area contributed by atoms with Crippen molar-refractivity contribution in [3.8, 4) is 0 Å². The summed E-state index contributed by atoms with van der Waals surface area (Å²) in [4.78, 5) is 23.1. The lowest BCUT2D eigenvalue weighted by Crippen LogP contribution is -2.44. The number of nitrogens with one attached hydrogen (secondary N) is 2. The van der Waals surface area contributed by atoms with Gasteiger partial charge in [0, 0.05) is 5.69 Å². The first kappa shape index (κ1) is 21.4. The van der Waals surface area contributed by atoms with E-state index in [0.29, 0.717) is 10.8 Å². The molecule has 5 nitrogen and oxygen atoms in total. The molecule has 1 aliphatic heterocycles. The highest BCUT2D eigenvalue weighted by Crippen LogP contribution is 2.39. The van der Waals surface area contributed by atoms with Crippen molar-refractivity contribution in [1.29, 1.82) is 0 Å². The van der Waals surface area contributed by atoms with Gasteiger partial charge in [0.25, 0.3) is 5.91 Å². The summed E-state index contributed by atoms with van der Waals surface area (Å²) in [6, 6.07) is 23.7. The van der Waals surface area contributed by atoms with Crippen LogP contribution in [-0.2, 0) is 4.79 Å². The second-order valence-electron chi connectivity index (χ2n) is 8.05. The van der Waals surface area contributed by atoms with E-state index in [1.54, 1.807) is 11.3 Å². The van der Waals surface area contributed by atoms with E-state index in [-0.39, 0.29) is 17.9 Å². The van der Waals surface area contributed by atoms with Crippen LogP contribution in [0.25, 0.3) is 10.2 Å². The van der Waals surface area contributed by atoms with E-state index in [4.69, 9.17) is 17.2 Å². The summed E-state index contributed by atoms with van der Waals surface area (Å²) in [6.45, 7) is 3.96. The monoisotopic (exact) mass is 470 g/mol. The maximum Gasteiger partial charge on any atom is 0.271 e. The number of para-hydroxylation sites is 2. The number of benzene rings is 3. The van der Waals surface area contributed by atoms with Crippen molar-refractivity contribution in [2.24, 2.45) is 4.99 Å². The molecule has 7 heteroatoms. The number of aromatic nitrogens is 1. The minimum atomic E-state index is -0.388. The Kier molecular flexibility index (Phi) is 5.74. The fraction of sp³-hybridized carbons (Fsp3) is 0.154. The molecule has 3 aromatic carbocycles. The van der Waals surface area contributed by atoms with Gasteiger partial charge in [-0.25, -0.2) is 9.98 Å². The summed E-state index contributed by atoms with van der Waals surface area (Å²) in [7, 11) is 0. The number of anilines is 1. The van der Waals surface area contributed by atoms with Crippen LogP contribution in [0.15, 0.2) is 77.8 Å². The second-order valence-corrected chi connectivity index (χ2v) is 9.50. The van der Waals surface area contributed by atoms with Crippen LogP contribution in [0.2, 0.25) is 0 Å². The maximum atomic E-state index is 13.6. The van der Waals surface area contributed by atoms with Crippen molar-refractivity contribution in [2.75, 3.05) is 5.32 Å². The summed E-state index contributed by atoms with van der Waals surface area (Å²) >= 11 is 7.05. The predicted molar refractivity (Wildman–Crippen MR) is 139 cm³/mol. The van der Waals surface area contributed by atoms with Gasteiger partial charge >= 0.3 is 0 Å². The standard InChI is InChI=1S/C26H22N4OS2/c1-15-9-8-10-16(2)21(15)28-24(31)23-20(25-27-18-13-6-7-14-19(18)33-25)22(29-26(32)30-23)17-11-4-3-5-12-17/h3-14,20,22H,1-2H3,(H,28,31)(H,29,32). The van der Waals surface area contributed by atoms with Crippen molar-refractivity contribution in [2.45, 2.75) is 25.8 Å². The molecule has 0 fully saturated rings. The number of carbonyl (C=O) groups excluding carboxylic acids is 1. The molecular formula is C26H22N4OS2. The summed E-state index contributed by atoms with van der Waals surface area (Å²) in [5, 5.41) is 7.55. The summed E-state index contributed by atoms with van der Waals surface area (Å²) < 4.78 is 1.07. The molecule has 164 valence electrons. The molecule has 1 aromatic heterocycles. The minimum absolute atomic E-state index is 0.254. The highest BCUT2D eigenvalue weighted by Gasteiger charge is 2.39. The molecule has 1 aliphatic rings. The number of thiazole rings is 1. The van der Waals surface area contributed by atoms with Gasteiger partial charge in [-0.2, -0.15) is 0 Å². The largest absolute Gasteiger partial charge is 0.353 e. The Bertz CT molecular complexity index is 1340. The molecule has 0 saturated carbocycles. The van der Waals surface area contributed by atoms with Gasteiger partial charge in [-0.15, -0.1) is 11.3 Å². The fourth-order valence-corrected chi connectivity index (χ4v) is 5.52. The number of amides is 1. The van der Waals surface area contributed by atoms with Crippen LogP contribution >= 0.6 is 23.6 Å². The van der Waals surface area contributed by atoms with Crippen LogP contribution in [0, 0.1) is 13.8 Å². The number of rotatable bonds is 4. The topological polar surface area (TPSA) is 66.4 Å². The van der Waals surface area contributed by atoms with Gasteiger partial charge < -0.3 is 10.6 Å².